The van der Waals surface area contributed by atoms with Crippen molar-refractivity contribution in [1.29, 1.82) is 0 Å². The molecule has 0 aromatic carbocycles. The topological polar surface area (TPSA) is 97.6 Å². The van der Waals surface area contributed by atoms with Gasteiger partial charge in [0.2, 0.25) is 11.8 Å². The summed E-state index contributed by atoms with van der Waals surface area (Å²) < 4.78 is 5.21. The minimum atomic E-state index is -0.430. The number of hydrogen-bond donors (Lipinski definition) is 2. The molecule has 1 aromatic rings. The van der Waals surface area contributed by atoms with E-state index in [9.17, 15) is 9.59 Å². The number of ether oxygens (including phenoxy) is 1. The van der Waals surface area contributed by atoms with Crippen molar-refractivity contribution in [2.24, 2.45) is 17.6 Å². The molecular weight excluding hydrogens is 320 g/mol. The molecule has 0 saturated carbocycles. The molecule has 3 N–H and O–H groups in total. The highest BCUT2D eigenvalue weighted by Crippen LogP contribution is 2.27. The number of primary amides is 1. The molecule has 25 heavy (non-hydrogen) atoms. The summed E-state index contributed by atoms with van der Waals surface area (Å²) in [5, 5.41) is 3.22. The fourth-order valence-corrected chi connectivity index (χ4v) is 3.24. The summed E-state index contributed by atoms with van der Waals surface area (Å²) in [7, 11) is 1.59. The molecule has 1 aromatic heterocycles. The van der Waals surface area contributed by atoms with Gasteiger partial charge in [0.1, 0.15) is 17.6 Å². The average Bonchev–Trinajstić information content (AvgIpc) is 3.07. The number of nitrogens with zero attached hydrogens (tertiary/aromatic N) is 2. The van der Waals surface area contributed by atoms with Gasteiger partial charge < -0.3 is 20.7 Å². The summed E-state index contributed by atoms with van der Waals surface area (Å²) in [6.07, 6.45) is 3.32. The number of hydrogen-bond acceptors (Lipinski definition) is 5. The molecule has 7 heteroatoms. The number of aromatic nitrogens is 1. The first-order valence-electron chi connectivity index (χ1n) is 8.71. The summed E-state index contributed by atoms with van der Waals surface area (Å²) in [5.74, 6) is 0.585. The second-order valence-electron chi connectivity index (χ2n) is 6.88. The van der Waals surface area contributed by atoms with Crippen molar-refractivity contribution >= 4 is 17.6 Å². The molecule has 2 rings (SSSR count). The Bertz CT molecular complexity index is 620. The number of rotatable bonds is 7. The van der Waals surface area contributed by atoms with Crippen molar-refractivity contribution in [3.05, 3.63) is 18.3 Å². The van der Waals surface area contributed by atoms with Crippen molar-refractivity contribution in [2.45, 2.75) is 45.7 Å². The molecule has 1 saturated heterocycles. The highest BCUT2D eigenvalue weighted by molar-refractivity contribution is 5.86. The van der Waals surface area contributed by atoms with E-state index in [-0.39, 0.29) is 29.7 Å². The van der Waals surface area contributed by atoms with E-state index in [1.165, 1.54) is 0 Å². The number of anilines is 1. The van der Waals surface area contributed by atoms with Gasteiger partial charge in [0, 0.05) is 24.8 Å². The van der Waals surface area contributed by atoms with Crippen LogP contribution in [0.25, 0.3) is 0 Å². The lowest BCUT2D eigenvalue weighted by Crippen LogP contribution is -2.50. The van der Waals surface area contributed by atoms with Gasteiger partial charge in [0.15, 0.2) is 0 Å². The Balaban J connectivity index is 2.18. The van der Waals surface area contributed by atoms with Crippen LogP contribution in [0, 0.1) is 11.8 Å². The molecule has 1 aliphatic heterocycles. The van der Waals surface area contributed by atoms with Crippen molar-refractivity contribution < 1.29 is 14.3 Å². The molecular formula is C18H28N4O3. The van der Waals surface area contributed by atoms with E-state index in [2.05, 4.69) is 10.3 Å². The monoisotopic (exact) mass is 348 g/mol. The average molecular weight is 348 g/mol. The Morgan fingerprint density at radius 2 is 2.12 bits per heavy atom. The van der Waals surface area contributed by atoms with Gasteiger partial charge in [-0.2, -0.15) is 0 Å². The lowest BCUT2D eigenvalue weighted by molar-refractivity contribution is -0.136. The maximum atomic E-state index is 13.1. The van der Waals surface area contributed by atoms with E-state index in [1.807, 2.05) is 13.8 Å². The number of likely N-dealkylation sites (tertiary alicyclic amines) is 1. The standard InChI is InChI=1S/C18H28N4O3/c1-11(2)16(21-15-10-13(25-4)7-8-20-15)18(24)22-9-5-6-14(22)12(3)17(19)23/h7-8,10-12,14,16H,5-6,9H2,1-4H3,(H2,19,23)(H,20,21)/t12-,14?,16?/m0/s1. The lowest BCUT2D eigenvalue weighted by atomic mass is 9.97. The number of nitrogens with one attached hydrogen (secondary N) is 1. The SMILES string of the molecule is COc1ccnc(NC(C(=O)N2CCCC2[C@H](C)C(N)=O)C(C)C)c1. The Morgan fingerprint density at radius 1 is 1.40 bits per heavy atom. The zero-order valence-electron chi connectivity index (χ0n) is 15.4. The van der Waals surface area contributed by atoms with Gasteiger partial charge in [-0.05, 0) is 24.8 Å². The summed E-state index contributed by atoms with van der Waals surface area (Å²) in [6.45, 7) is 6.41. The molecule has 0 spiro atoms. The van der Waals surface area contributed by atoms with Crippen LogP contribution in [-0.2, 0) is 9.59 Å². The van der Waals surface area contributed by atoms with Crippen LogP contribution in [0.1, 0.15) is 33.6 Å². The van der Waals surface area contributed by atoms with E-state index in [0.29, 0.717) is 18.1 Å². The first-order valence-corrected chi connectivity index (χ1v) is 8.71. The zero-order valence-corrected chi connectivity index (χ0v) is 15.4. The van der Waals surface area contributed by atoms with E-state index < -0.39 is 6.04 Å². The van der Waals surface area contributed by atoms with Crippen LogP contribution >= 0.6 is 0 Å². The van der Waals surface area contributed by atoms with Crippen LogP contribution in [0.4, 0.5) is 5.82 Å². The van der Waals surface area contributed by atoms with Gasteiger partial charge in [-0.15, -0.1) is 0 Å². The smallest absolute Gasteiger partial charge is 0.245 e. The van der Waals surface area contributed by atoms with E-state index in [1.54, 1.807) is 37.3 Å². The second kappa shape index (κ2) is 8.18. The van der Waals surface area contributed by atoms with E-state index >= 15 is 0 Å². The van der Waals surface area contributed by atoms with E-state index in [0.717, 1.165) is 12.8 Å². The molecule has 0 aliphatic carbocycles. The summed E-state index contributed by atoms with van der Waals surface area (Å²) >= 11 is 0. The van der Waals surface area contributed by atoms with Crippen LogP contribution in [0.3, 0.4) is 0 Å². The maximum absolute atomic E-state index is 13.1. The highest BCUT2D eigenvalue weighted by atomic mass is 16.5. The van der Waals surface area contributed by atoms with Gasteiger partial charge in [-0.1, -0.05) is 20.8 Å². The van der Waals surface area contributed by atoms with Gasteiger partial charge >= 0.3 is 0 Å². The Morgan fingerprint density at radius 3 is 2.72 bits per heavy atom. The molecule has 7 nitrogen and oxygen atoms in total. The number of methoxy groups -OCH3 is 1. The van der Waals surface area contributed by atoms with Crippen molar-refractivity contribution in [3.63, 3.8) is 0 Å². The van der Waals surface area contributed by atoms with Crippen LogP contribution in [-0.4, -0.2) is 47.4 Å². The van der Waals surface area contributed by atoms with E-state index in [4.69, 9.17) is 10.5 Å². The van der Waals surface area contributed by atoms with Gasteiger partial charge in [0.25, 0.3) is 0 Å². The predicted molar refractivity (Wildman–Crippen MR) is 96.1 cm³/mol. The maximum Gasteiger partial charge on any atom is 0.245 e. The van der Waals surface area contributed by atoms with Crippen molar-refractivity contribution in [3.8, 4) is 5.75 Å². The molecule has 2 heterocycles. The predicted octanol–water partition coefficient (Wildman–Crippen LogP) is 1.64. The summed E-state index contributed by atoms with van der Waals surface area (Å²) in [6, 6.07) is 2.95. The van der Waals surface area contributed by atoms with Crippen molar-refractivity contribution in [2.75, 3.05) is 19.0 Å². The fourth-order valence-electron chi connectivity index (χ4n) is 3.24. The van der Waals surface area contributed by atoms with Crippen molar-refractivity contribution in [1.82, 2.24) is 9.88 Å². The normalized spacial score (nSPS) is 19.6. The summed E-state index contributed by atoms with van der Waals surface area (Å²) in [4.78, 5) is 30.8. The van der Waals surface area contributed by atoms with Gasteiger partial charge in [-0.25, -0.2) is 4.98 Å². The van der Waals surface area contributed by atoms with Crippen LogP contribution in [0.2, 0.25) is 0 Å². The Hall–Kier alpha value is -2.31. The molecule has 0 bridgehead atoms. The molecule has 2 unspecified atom stereocenters. The summed E-state index contributed by atoms with van der Waals surface area (Å²) in [5.41, 5.74) is 5.45. The second-order valence-corrected chi connectivity index (χ2v) is 6.88. The minimum Gasteiger partial charge on any atom is -0.497 e. The molecule has 1 fully saturated rings. The number of nitrogens with two attached hydrogens (primary N) is 1. The largest absolute Gasteiger partial charge is 0.497 e. The molecule has 3 atom stereocenters. The number of carbonyl (C=O) groups is 2. The minimum absolute atomic E-state index is 0.0183. The molecule has 0 radical (unpaired) electrons. The van der Waals surface area contributed by atoms with Crippen LogP contribution < -0.4 is 15.8 Å². The molecule has 138 valence electrons. The molecule has 1 aliphatic rings. The Kier molecular flexibility index (Phi) is 6.22. The highest BCUT2D eigenvalue weighted by Gasteiger charge is 2.38. The quantitative estimate of drug-likeness (QED) is 0.781. The fraction of sp³-hybridized carbons (Fsp3) is 0.611. The first kappa shape index (κ1) is 19.0. The molecule has 2 amide bonds. The number of amides is 2. The first-order chi connectivity index (χ1) is 11.8. The third-order valence-electron chi connectivity index (χ3n) is 4.81. The zero-order chi connectivity index (χ0) is 18.6. The lowest BCUT2D eigenvalue weighted by Gasteiger charge is -2.33. The third-order valence-corrected chi connectivity index (χ3v) is 4.81. The third kappa shape index (κ3) is 4.41. The number of carbonyl (C=O) groups excluding carboxylic acids is 2. The van der Waals surface area contributed by atoms with Gasteiger partial charge in [-0.3, -0.25) is 9.59 Å². The van der Waals surface area contributed by atoms with Crippen LogP contribution in [0.15, 0.2) is 18.3 Å². The van der Waals surface area contributed by atoms with Gasteiger partial charge in [0.05, 0.1) is 13.0 Å². The Labute approximate surface area is 148 Å². The number of pyridine rings is 1. The van der Waals surface area contributed by atoms with Crippen LogP contribution in [0.5, 0.6) is 5.75 Å².